The van der Waals surface area contributed by atoms with Gasteiger partial charge in [-0.25, -0.2) is 0 Å². The lowest BCUT2D eigenvalue weighted by Gasteiger charge is -1.73. The fraction of sp³-hybridized carbons (Fsp3) is 0. The first kappa shape index (κ1) is 3.98. The minimum absolute atomic E-state index is 0.625. The lowest BCUT2D eigenvalue weighted by atomic mass is 11.1. The summed E-state index contributed by atoms with van der Waals surface area (Å²) >= 11 is 0. The van der Waals surface area contributed by atoms with E-state index in [2.05, 4.69) is 10.2 Å². The van der Waals surface area contributed by atoms with Crippen LogP contribution in [0.5, 0.6) is 0 Å². The molecule has 0 aliphatic carbocycles. The van der Waals surface area contributed by atoms with Gasteiger partial charge in [-0.05, 0) is 0 Å². The van der Waals surface area contributed by atoms with Gasteiger partial charge in [-0.15, -0.1) is 10.2 Å². The predicted octanol–water partition coefficient (Wildman–Crippen LogP) is -0.684. The van der Waals surface area contributed by atoms with Crippen molar-refractivity contribution < 1.29 is 4.79 Å². The summed E-state index contributed by atoms with van der Waals surface area (Å²) in [4.78, 5) is 9.75. The highest BCUT2D eigenvalue weighted by Crippen LogP contribution is 1.68. The average Bonchev–Trinajstić information content (AvgIpc) is 2.14. The molecule has 1 rings (SSSR count). The minimum Gasteiger partial charge on any atom is -0.278 e. The van der Waals surface area contributed by atoms with Crippen molar-refractivity contribution in [3.8, 4) is 0 Å². The number of hydrogen-bond acceptors (Lipinski definition) is 3. The van der Waals surface area contributed by atoms with Gasteiger partial charge in [0.05, 0.1) is 0 Å². The molecule has 0 unspecified atom stereocenters. The van der Waals surface area contributed by atoms with Gasteiger partial charge < -0.3 is 0 Å². The number of aromatic nitrogens is 3. The van der Waals surface area contributed by atoms with Gasteiger partial charge in [-0.2, -0.15) is 0 Å². The van der Waals surface area contributed by atoms with Crippen LogP contribution in [0.3, 0.4) is 0 Å². The van der Waals surface area contributed by atoms with E-state index in [1.54, 1.807) is 0 Å². The van der Waals surface area contributed by atoms with Crippen LogP contribution in [0.2, 0.25) is 0 Å². The van der Waals surface area contributed by atoms with Gasteiger partial charge in [0.25, 0.3) is 0 Å². The summed E-state index contributed by atoms with van der Waals surface area (Å²) in [6.45, 7) is 0. The van der Waals surface area contributed by atoms with Crippen molar-refractivity contribution in [1.82, 2.24) is 14.8 Å². The van der Waals surface area contributed by atoms with E-state index in [4.69, 9.17) is 0 Å². The van der Waals surface area contributed by atoms with Crippen molar-refractivity contribution in [2.45, 2.75) is 0 Å². The molecule has 0 radical (unpaired) electrons. The molecule has 0 saturated heterocycles. The maximum Gasteiger partial charge on any atom is 0.220 e. The molecule has 1 aromatic rings. The SMILES string of the molecule is O=Cn1cnnc1. The first-order valence-corrected chi connectivity index (χ1v) is 1.73. The van der Waals surface area contributed by atoms with Crippen LogP contribution in [0.1, 0.15) is 0 Å². The number of rotatable bonds is 1. The summed E-state index contributed by atoms with van der Waals surface area (Å²) < 4.78 is 1.22. The highest BCUT2D eigenvalue weighted by Gasteiger charge is 1.78. The monoisotopic (exact) mass is 97.0 g/mol. The van der Waals surface area contributed by atoms with Crippen LogP contribution in [0.25, 0.3) is 0 Å². The molecular weight excluding hydrogens is 94.1 g/mol. The Bertz CT molecular complexity index is 145. The van der Waals surface area contributed by atoms with Crippen LogP contribution in [-0.2, 0) is 4.79 Å². The first-order valence-electron chi connectivity index (χ1n) is 1.73. The Morgan fingerprint density at radius 1 is 1.43 bits per heavy atom. The van der Waals surface area contributed by atoms with E-state index in [0.29, 0.717) is 6.41 Å². The fourth-order valence-electron chi connectivity index (χ4n) is 0.263. The number of carbonyl (C=O) groups is 1. The highest BCUT2D eigenvalue weighted by molar-refractivity contribution is 5.50. The molecule has 1 aromatic heterocycles. The zero-order valence-electron chi connectivity index (χ0n) is 3.48. The molecule has 0 aromatic carbocycles. The zero-order chi connectivity index (χ0) is 5.11. The summed E-state index contributed by atoms with van der Waals surface area (Å²) in [6, 6.07) is 0. The number of carbonyl (C=O) groups excluding carboxylic acids is 1. The van der Waals surface area contributed by atoms with Crippen LogP contribution in [-0.4, -0.2) is 21.2 Å². The second kappa shape index (κ2) is 1.51. The summed E-state index contributed by atoms with van der Waals surface area (Å²) in [7, 11) is 0. The minimum atomic E-state index is 0.625. The Hall–Kier alpha value is -1.19. The van der Waals surface area contributed by atoms with E-state index in [9.17, 15) is 4.79 Å². The quantitative estimate of drug-likeness (QED) is 0.436. The van der Waals surface area contributed by atoms with Crippen molar-refractivity contribution in [3.05, 3.63) is 12.7 Å². The van der Waals surface area contributed by atoms with Crippen molar-refractivity contribution in [3.63, 3.8) is 0 Å². The summed E-state index contributed by atoms with van der Waals surface area (Å²) in [5, 5.41) is 6.75. The molecule has 0 atom stereocenters. The van der Waals surface area contributed by atoms with E-state index in [-0.39, 0.29) is 0 Å². The second-order valence-electron chi connectivity index (χ2n) is 1.01. The second-order valence-corrected chi connectivity index (χ2v) is 1.01. The van der Waals surface area contributed by atoms with E-state index in [1.807, 2.05) is 0 Å². The largest absolute Gasteiger partial charge is 0.278 e. The lowest BCUT2D eigenvalue weighted by molar-refractivity contribution is 0.547. The van der Waals surface area contributed by atoms with Crippen molar-refractivity contribution >= 4 is 6.41 Å². The predicted molar refractivity (Wildman–Crippen MR) is 22.2 cm³/mol. The van der Waals surface area contributed by atoms with Crippen LogP contribution in [0.4, 0.5) is 0 Å². The standard InChI is InChI=1S/C3H3N3O/c7-3-6-1-4-5-2-6/h1-3H. The summed E-state index contributed by atoms with van der Waals surface area (Å²) in [5.74, 6) is 0. The molecule has 0 spiro atoms. The Balaban J connectivity index is 2.96. The Kier molecular flexibility index (Phi) is 0.856. The van der Waals surface area contributed by atoms with Gasteiger partial charge >= 0.3 is 0 Å². The highest BCUT2D eigenvalue weighted by atomic mass is 16.1. The number of nitrogens with zero attached hydrogens (tertiary/aromatic N) is 3. The maximum atomic E-state index is 9.75. The first-order chi connectivity index (χ1) is 3.43. The summed E-state index contributed by atoms with van der Waals surface area (Å²) in [6.07, 6.45) is 3.28. The number of hydrogen-bond donors (Lipinski definition) is 0. The van der Waals surface area contributed by atoms with E-state index in [1.165, 1.54) is 17.2 Å². The molecule has 0 saturated carbocycles. The molecule has 4 heteroatoms. The third kappa shape index (κ3) is 0.623. The van der Waals surface area contributed by atoms with Crippen LogP contribution >= 0.6 is 0 Å². The van der Waals surface area contributed by atoms with Gasteiger partial charge in [0.15, 0.2) is 0 Å². The Morgan fingerprint density at radius 2 is 2.00 bits per heavy atom. The molecule has 0 amide bonds. The molecule has 36 valence electrons. The molecule has 0 fully saturated rings. The van der Waals surface area contributed by atoms with Crippen LogP contribution < -0.4 is 0 Å². The molecular formula is C3H3N3O. The molecule has 0 aliphatic rings. The molecule has 0 N–H and O–H groups in total. The topological polar surface area (TPSA) is 47.8 Å². The van der Waals surface area contributed by atoms with Crippen LogP contribution in [0.15, 0.2) is 12.7 Å². The molecule has 1 heterocycles. The smallest absolute Gasteiger partial charge is 0.220 e. The molecule has 7 heavy (non-hydrogen) atoms. The summed E-state index contributed by atoms with van der Waals surface area (Å²) in [5.41, 5.74) is 0. The molecule has 0 bridgehead atoms. The fourth-order valence-corrected chi connectivity index (χ4v) is 0.263. The van der Waals surface area contributed by atoms with Gasteiger partial charge in [-0.1, -0.05) is 0 Å². The van der Waals surface area contributed by atoms with Gasteiger partial charge in [0.2, 0.25) is 6.41 Å². The van der Waals surface area contributed by atoms with Gasteiger partial charge in [-0.3, -0.25) is 9.36 Å². The van der Waals surface area contributed by atoms with Crippen molar-refractivity contribution in [1.29, 1.82) is 0 Å². The van der Waals surface area contributed by atoms with Gasteiger partial charge in [0, 0.05) is 0 Å². The van der Waals surface area contributed by atoms with E-state index < -0.39 is 0 Å². The van der Waals surface area contributed by atoms with Crippen molar-refractivity contribution in [2.24, 2.45) is 0 Å². The van der Waals surface area contributed by atoms with Crippen LogP contribution in [0, 0.1) is 0 Å². The third-order valence-corrected chi connectivity index (χ3v) is 0.558. The van der Waals surface area contributed by atoms with Gasteiger partial charge in [0.1, 0.15) is 12.7 Å². The van der Waals surface area contributed by atoms with Crippen molar-refractivity contribution in [2.75, 3.05) is 0 Å². The Morgan fingerprint density at radius 3 is 2.29 bits per heavy atom. The van der Waals surface area contributed by atoms with E-state index >= 15 is 0 Å². The molecule has 4 nitrogen and oxygen atoms in total. The molecule has 0 aliphatic heterocycles. The normalized spacial score (nSPS) is 8.57. The lowest BCUT2D eigenvalue weighted by Crippen LogP contribution is -1.86. The zero-order valence-corrected chi connectivity index (χ0v) is 3.48. The Labute approximate surface area is 39.8 Å². The average molecular weight is 97.1 g/mol. The third-order valence-electron chi connectivity index (χ3n) is 0.558. The van der Waals surface area contributed by atoms with E-state index in [0.717, 1.165) is 0 Å². The maximum absolute atomic E-state index is 9.75.